The predicted molar refractivity (Wildman–Crippen MR) is 118 cm³/mol. The van der Waals surface area contributed by atoms with Crippen LogP contribution in [0.5, 0.6) is 0 Å². The van der Waals surface area contributed by atoms with Gasteiger partial charge in [0.05, 0.1) is 7.11 Å². The summed E-state index contributed by atoms with van der Waals surface area (Å²) in [5, 5.41) is 9.74. The topological polar surface area (TPSA) is 178 Å². The lowest BCUT2D eigenvalue weighted by molar-refractivity contribution is -0.293. The molecule has 0 spiro atoms. The van der Waals surface area contributed by atoms with Gasteiger partial charge < -0.3 is 33.5 Å². The first-order valence-electron chi connectivity index (χ1n) is 11.5. The van der Waals surface area contributed by atoms with Crippen molar-refractivity contribution in [3.63, 3.8) is 0 Å². The van der Waals surface area contributed by atoms with Crippen molar-refractivity contribution in [3.05, 3.63) is 12.2 Å². The number of rotatable bonds is 13. The summed E-state index contributed by atoms with van der Waals surface area (Å²) >= 11 is 0. The molecule has 0 aromatic rings. The smallest absolute Gasteiger partial charge is 0.337 e. The highest BCUT2D eigenvalue weighted by Crippen LogP contribution is 2.30. The van der Waals surface area contributed by atoms with E-state index in [1.165, 1.54) is 0 Å². The lowest BCUT2D eigenvalue weighted by Gasteiger charge is -2.42. The van der Waals surface area contributed by atoms with Crippen molar-refractivity contribution in [3.8, 4) is 0 Å². The molecule has 5 atom stereocenters. The fraction of sp³-hybridized carbons (Fsp3) is 0.652. The summed E-state index contributed by atoms with van der Waals surface area (Å²) in [5.74, 6) is -6.06. The molecule has 0 aromatic heterocycles. The molecule has 13 heteroatoms. The third-order valence-corrected chi connectivity index (χ3v) is 4.69. The standard InChI is InChI=1S/C23H32O13/c1-5-8-14(25)32-18-19(33-15(26)9-6-2)21(34-16(27)10-7-3)23(36-20(18)22(29)30)35-17(28)12-11-13(24)31-4/h11-12,18-21,23H,5-10H2,1-4H3,(H,29,30)/b12-11+/t18-,19-,20-,21+,23-/m0/s1. The third kappa shape index (κ3) is 9.64. The highest BCUT2D eigenvalue weighted by molar-refractivity contribution is 5.91. The molecule has 0 aromatic carbocycles. The lowest BCUT2D eigenvalue weighted by atomic mass is 9.97. The van der Waals surface area contributed by atoms with Gasteiger partial charge in [-0.1, -0.05) is 20.8 Å². The molecule has 1 heterocycles. The van der Waals surface area contributed by atoms with Crippen molar-refractivity contribution in [2.45, 2.75) is 90.0 Å². The molecule has 1 rings (SSSR count). The van der Waals surface area contributed by atoms with Gasteiger partial charge >= 0.3 is 35.8 Å². The molecule has 0 amide bonds. The van der Waals surface area contributed by atoms with Crippen LogP contribution < -0.4 is 0 Å². The van der Waals surface area contributed by atoms with Crippen LogP contribution in [0.25, 0.3) is 0 Å². The summed E-state index contributed by atoms with van der Waals surface area (Å²) in [4.78, 5) is 72.5. The summed E-state index contributed by atoms with van der Waals surface area (Å²) in [7, 11) is 1.08. The number of ether oxygens (including phenoxy) is 6. The van der Waals surface area contributed by atoms with E-state index in [2.05, 4.69) is 4.74 Å². The molecule has 36 heavy (non-hydrogen) atoms. The Bertz CT molecular complexity index is 834. The molecule has 0 saturated carbocycles. The maximum atomic E-state index is 12.4. The molecule has 1 aliphatic rings. The zero-order chi connectivity index (χ0) is 27.3. The Balaban J connectivity index is 3.46. The summed E-state index contributed by atoms with van der Waals surface area (Å²) in [6.45, 7) is 5.09. The molecule has 202 valence electrons. The molecule has 0 bridgehead atoms. The number of aliphatic carboxylic acids is 1. The van der Waals surface area contributed by atoms with E-state index in [9.17, 15) is 33.9 Å². The molecule has 1 N–H and O–H groups in total. The lowest BCUT2D eigenvalue weighted by Crippen LogP contribution is -2.64. The SMILES string of the molecule is CCCC(=O)O[C@@H]1[C@@H](OC(=O)CCC)[C@@H](OC(=O)/C=C/C(=O)OC)O[C@H](C(=O)O)[C@H]1OC(=O)CCC. The fourth-order valence-corrected chi connectivity index (χ4v) is 3.10. The minimum atomic E-state index is -1.95. The Morgan fingerprint density at radius 2 is 1.14 bits per heavy atom. The van der Waals surface area contributed by atoms with Gasteiger partial charge in [-0.15, -0.1) is 0 Å². The monoisotopic (exact) mass is 516 g/mol. The number of esters is 5. The largest absolute Gasteiger partial charge is 0.479 e. The van der Waals surface area contributed by atoms with E-state index in [-0.39, 0.29) is 19.3 Å². The Hall–Kier alpha value is -3.48. The van der Waals surface area contributed by atoms with Crippen LogP contribution in [0.4, 0.5) is 0 Å². The van der Waals surface area contributed by atoms with Gasteiger partial charge in [-0.05, 0) is 19.3 Å². The van der Waals surface area contributed by atoms with Crippen molar-refractivity contribution < 1.29 is 62.3 Å². The summed E-state index contributed by atoms with van der Waals surface area (Å²) in [6, 6.07) is 0. The van der Waals surface area contributed by atoms with Gasteiger partial charge in [0.25, 0.3) is 0 Å². The van der Waals surface area contributed by atoms with E-state index in [1.54, 1.807) is 20.8 Å². The Labute approximate surface area is 208 Å². The predicted octanol–water partition coefficient (Wildman–Crippen LogP) is 1.20. The summed E-state index contributed by atoms with van der Waals surface area (Å²) in [6.07, 6.45) is -6.58. The van der Waals surface area contributed by atoms with E-state index < -0.39 is 66.5 Å². The van der Waals surface area contributed by atoms with E-state index >= 15 is 0 Å². The normalized spacial score (nSPS) is 23.4. The van der Waals surface area contributed by atoms with Crippen LogP contribution in [0.15, 0.2) is 12.2 Å². The van der Waals surface area contributed by atoms with Gasteiger partial charge in [-0.3, -0.25) is 14.4 Å². The maximum Gasteiger partial charge on any atom is 0.337 e. The van der Waals surface area contributed by atoms with Crippen LogP contribution in [-0.4, -0.2) is 78.7 Å². The number of hydrogen-bond acceptors (Lipinski definition) is 12. The van der Waals surface area contributed by atoms with Crippen molar-refractivity contribution in [2.24, 2.45) is 0 Å². The molecule has 13 nitrogen and oxygen atoms in total. The first kappa shape index (κ1) is 30.6. The Morgan fingerprint density at radius 3 is 1.58 bits per heavy atom. The first-order valence-corrected chi connectivity index (χ1v) is 11.5. The van der Waals surface area contributed by atoms with Crippen molar-refractivity contribution >= 4 is 35.8 Å². The summed E-state index contributed by atoms with van der Waals surface area (Å²) < 4.78 is 30.9. The maximum absolute atomic E-state index is 12.4. The van der Waals surface area contributed by atoms with Gasteiger partial charge in [0.2, 0.25) is 12.4 Å². The van der Waals surface area contributed by atoms with Gasteiger partial charge in [-0.25, -0.2) is 14.4 Å². The van der Waals surface area contributed by atoms with Crippen LogP contribution in [-0.2, 0) is 57.2 Å². The van der Waals surface area contributed by atoms with Gasteiger partial charge in [0.15, 0.2) is 18.3 Å². The molecule has 0 aliphatic carbocycles. The molecule has 0 radical (unpaired) electrons. The molecule has 1 saturated heterocycles. The number of methoxy groups -OCH3 is 1. The zero-order valence-electron chi connectivity index (χ0n) is 20.6. The molecule has 1 aliphatic heterocycles. The third-order valence-electron chi connectivity index (χ3n) is 4.69. The number of carboxylic acids is 1. The van der Waals surface area contributed by atoms with Crippen molar-refractivity contribution in [1.29, 1.82) is 0 Å². The number of hydrogen-bond donors (Lipinski definition) is 1. The van der Waals surface area contributed by atoms with Crippen molar-refractivity contribution in [1.82, 2.24) is 0 Å². The van der Waals surface area contributed by atoms with Crippen LogP contribution in [0.1, 0.15) is 59.3 Å². The minimum Gasteiger partial charge on any atom is -0.479 e. The van der Waals surface area contributed by atoms with Crippen LogP contribution in [0, 0.1) is 0 Å². The van der Waals surface area contributed by atoms with Crippen LogP contribution >= 0.6 is 0 Å². The highest BCUT2D eigenvalue weighted by atomic mass is 16.7. The second-order valence-corrected chi connectivity index (χ2v) is 7.67. The van der Waals surface area contributed by atoms with E-state index in [0.29, 0.717) is 25.3 Å². The van der Waals surface area contributed by atoms with Gasteiger partial charge in [0.1, 0.15) is 0 Å². The van der Waals surface area contributed by atoms with Gasteiger partial charge in [-0.2, -0.15) is 0 Å². The average Bonchev–Trinajstić information content (AvgIpc) is 2.81. The zero-order valence-corrected chi connectivity index (χ0v) is 20.6. The number of carbonyl (C=O) groups excluding carboxylic acids is 5. The first-order chi connectivity index (χ1) is 17.1. The highest BCUT2D eigenvalue weighted by Gasteiger charge is 2.56. The van der Waals surface area contributed by atoms with E-state index in [4.69, 9.17) is 23.7 Å². The van der Waals surface area contributed by atoms with Gasteiger partial charge in [0, 0.05) is 31.4 Å². The Morgan fingerprint density at radius 1 is 0.694 bits per heavy atom. The van der Waals surface area contributed by atoms with Crippen molar-refractivity contribution in [2.75, 3.05) is 7.11 Å². The molecule has 1 fully saturated rings. The summed E-state index contributed by atoms with van der Waals surface area (Å²) in [5.41, 5.74) is 0. The molecular formula is C23H32O13. The second kappa shape index (κ2) is 15.5. The number of carboxylic acid groups (broad SMARTS) is 1. The average molecular weight is 516 g/mol. The quantitative estimate of drug-likeness (QED) is 0.210. The Kier molecular flexibility index (Phi) is 13.2. The second-order valence-electron chi connectivity index (χ2n) is 7.67. The van der Waals surface area contributed by atoms with E-state index in [0.717, 1.165) is 13.2 Å². The van der Waals surface area contributed by atoms with Crippen LogP contribution in [0.2, 0.25) is 0 Å². The number of carbonyl (C=O) groups is 6. The molecule has 0 unspecified atom stereocenters. The van der Waals surface area contributed by atoms with E-state index in [1.807, 2.05) is 0 Å². The minimum absolute atomic E-state index is 0.0717. The van der Waals surface area contributed by atoms with Crippen LogP contribution in [0.3, 0.4) is 0 Å². The molecular weight excluding hydrogens is 484 g/mol. The fourth-order valence-electron chi connectivity index (χ4n) is 3.10.